The molecule has 1 unspecified atom stereocenters. The molecule has 0 spiro atoms. The lowest BCUT2D eigenvalue weighted by atomic mass is 9.76. The molecule has 2 aliphatic rings. The normalized spacial score (nSPS) is 45.0. The summed E-state index contributed by atoms with van der Waals surface area (Å²) in [6.45, 7) is 6.62. The highest BCUT2D eigenvalue weighted by molar-refractivity contribution is 5.74. The van der Waals surface area contributed by atoms with Crippen molar-refractivity contribution in [3.63, 3.8) is 0 Å². The molecule has 0 amide bonds. The van der Waals surface area contributed by atoms with Crippen LogP contribution in [-0.4, -0.2) is 12.1 Å². The van der Waals surface area contributed by atoms with E-state index in [1.54, 1.807) is 0 Å². The zero-order valence-electron chi connectivity index (χ0n) is 10.0. The molecule has 2 nitrogen and oxygen atoms in total. The topological polar surface area (TPSA) is 26.3 Å². The van der Waals surface area contributed by atoms with E-state index < -0.39 is 0 Å². The number of hydrogen-bond acceptors (Lipinski definition) is 2. The monoisotopic (exact) mass is 210 g/mol. The van der Waals surface area contributed by atoms with E-state index in [4.69, 9.17) is 4.74 Å². The van der Waals surface area contributed by atoms with Crippen LogP contribution in [0.25, 0.3) is 0 Å². The van der Waals surface area contributed by atoms with E-state index >= 15 is 0 Å². The van der Waals surface area contributed by atoms with Crippen molar-refractivity contribution in [1.29, 1.82) is 0 Å². The number of fused-ring (bicyclic) bond motifs is 1. The van der Waals surface area contributed by atoms with Gasteiger partial charge >= 0.3 is 5.97 Å². The van der Waals surface area contributed by atoms with Gasteiger partial charge in [0.05, 0.1) is 5.92 Å². The Morgan fingerprint density at radius 3 is 2.73 bits per heavy atom. The molecule has 2 heteroatoms. The lowest BCUT2D eigenvalue weighted by molar-refractivity contribution is -0.172. The van der Waals surface area contributed by atoms with Crippen molar-refractivity contribution < 1.29 is 9.53 Å². The SMILES string of the molecule is CCCC1OC(=O)[C@H]2[C@H](CC[C@@H]2C)[C@H]1C. The molecule has 0 aromatic carbocycles. The van der Waals surface area contributed by atoms with Gasteiger partial charge in [0.15, 0.2) is 0 Å². The minimum Gasteiger partial charge on any atom is -0.462 e. The van der Waals surface area contributed by atoms with Crippen molar-refractivity contribution in [1.82, 2.24) is 0 Å². The molecule has 15 heavy (non-hydrogen) atoms. The molecule has 1 aliphatic carbocycles. The first-order valence-corrected chi connectivity index (χ1v) is 6.35. The molecule has 1 heterocycles. The van der Waals surface area contributed by atoms with Gasteiger partial charge in [-0.05, 0) is 37.0 Å². The fourth-order valence-corrected chi connectivity index (χ4v) is 3.45. The van der Waals surface area contributed by atoms with Crippen molar-refractivity contribution in [2.75, 3.05) is 0 Å². The summed E-state index contributed by atoms with van der Waals surface area (Å²) in [5.74, 6) is 1.98. The molecule has 1 saturated carbocycles. The first-order chi connectivity index (χ1) is 7.15. The Labute approximate surface area is 92.4 Å². The third-order valence-corrected chi connectivity index (χ3v) is 4.40. The molecular formula is C13H22O2. The van der Waals surface area contributed by atoms with Gasteiger partial charge in [0.25, 0.3) is 0 Å². The van der Waals surface area contributed by atoms with Gasteiger partial charge in [-0.15, -0.1) is 0 Å². The number of rotatable bonds is 2. The first kappa shape index (κ1) is 11.0. The number of ether oxygens (including phenoxy) is 1. The average molecular weight is 210 g/mol. The summed E-state index contributed by atoms with van der Waals surface area (Å²) in [6.07, 6.45) is 4.75. The van der Waals surface area contributed by atoms with Gasteiger partial charge < -0.3 is 4.74 Å². The Morgan fingerprint density at radius 1 is 1.33 bits per heavy atom. The summed E-state index contributed by atoms with van der Waals surface area (Å²) < 4.78 is 5.58. The second kappa shape index (κ2) is 4.15. The fourth-order valence-electron chi connectivity index (χ4n) is 3.45. The highest BCUT2D eigenvalue weighted by Crippen LogP contribution is 2.46. The lowest BCUT2D eigenvalue weighted by Crippen LogP contribution is -2.43. The van der Waals surface area contributed by atoms with Crippen molar-refractivity contribution in [3.8, 4) is 0 Å². The van der Waals surface area contributed by atoms with Gasteiger partial charge in [-0.25, -0.2) is 0 Å². The zero-order valence-corrected chi connectivity index (χ0v) is 10.0. The van der Waals surface area contributed by atoms with Crippen LogP contribution in [0.1, 0.15) is 46.5 Å². The maximum absolute atomic E-state index is 11.9. The van der Waals surface area contributed by atoms with Crippen LogP contribution < -0.4 is 0 Å². The summed E-state index contributed by atoms with van der Waals surface area (Å²) in [6, 6.07) is 0. The molecule has 1 aliphatic heterocycles. The molecule has 0 radical (unpaired) electrons. The van der Waals surface area contributed by atoms with Crippen LogP contribution in [0.15, 0.2) is 0 Å². The molecular weight excluding hydrogens is 188 g/mol. The van der Waals surface area contributed by atoms with Gasteiger partial charge in [0.1, 0.15) is 6.10 Å². The summed E-state index contributed by atoms with van der Waals surface area (Å²) in [5, 5.41) is 0. The Hall–Kier alpha value is -0.530. The maximum atomic E-state index is 11.9. The summed E-state index contributed by atoms with van der Waals surface area (Å²) in [5.41, 5.74) is 0. The van der Waals surface area contributed by atoms with Gasteiger partial charge in [-0.3, -0.25) is 4.79 Å². The molecule has 1 saturated heterocycles. The van der Waals surface area contributed by atoms with E-state index in [0.717, 1.165) is 12.8 Å². The van der Waals surface area contributed by atoms with Crippen LogP contribution in [-0.2, 0) is 9.53 Å². The minimum atomic E-state index is 0.0848. The van der Waals surface area contributed by atoms with Crippen LogP contribution in [0.4, 0.5) is 0 Å². The van der Waals surface area contributed by atoms with Gasteiger partial charge in [0.2, 0.25) is 0 Å². The predicted octanol–water partition coefficient (Wildman–Crippen LogP) is 3.01. The summed E-state index contributed by atoms with van der Waals surface area (Å²) in [7, 11) is 0. The van der Waals surface area contributed by atoms with Crippen LogP contribution >= 0.6 is 0 Å². The molecule has 0 bridgehead atoms. The van der Waals surface area contributed by atoms with Crippen LogP contribution in [0.5, 0.6) is 0 Å². The molecule has 2 fully saturated rings. The van der Waals surface area contributed by atoms with Crippen molar-refractivity contribution >= 4 is 5.97 Å². The van der Waals surface area contributed by atoms with E-state index in [1.165, 1.54) is 12.8 Å². The van der Waals surface area contributed by atoms with Gasteiger partial charge in [-0.2, -0.15) is 0 Å². The molecule has 2 rings (SSSR count). The molecule has 0 N–H and O–H groups in total. The Balaban J connectivity index is 2.12. The number of hydrogen-bond donors (Lipinski definition) is 0. The summed E-state index contributed by atoms with van der Waals surface area (Å²) in [4.78, 5) is 11.9. The number of cyclic esters (lactones) is 1. The highest BCUT2D eigenvalue weighted by Gasteiger charge is 2.48. The number of carbonyl (C=O) groups is 1. The third kappa shape index (κ3) is 1.79. The zero-order chi connectivity index (χ0) is 11.0. The number of esters is 1. The molecule has 0 aromatic rings. The predicted molar refractivity (Wildman–Crippen MR) is 59.3 cm³/mol. The number of carbonyl (C=O) groups excluding carboxylic acids is 1. The smallest absolute Gasteiger partial charge is 0.309 e. The van der Waals surface area contributed by atoms with E-state index in [1.807, 2.05) is 0 Å². The second-order valence-electron chi connectivity index (χ2n) is 5.37. The molecule has 0 aromatic heterocycles. The summed E-state index contributed by atoms with van der Waals surface area (Å²) >= 11 is 0. The van der Waals surface area contributed by atoms with E-state index in [-0.39, 0.29) is 18.0 Å². The standard InChI is InChI=1S/C13H22O2/c1-4-5-11-9(3)10-7-6-8(2)12(10)13(14)15-11/h8-12H,4-7H2,1-3H3/t8-,9+,10+,11?,12+/m0/s1. The minimum absolute atomic E-state index is 0.0848. The Bertz CT molecular complexity index is 249. The van der Waals surface area contributed by atoms with Crippen molar-refractivity contribution in [2.45, 2.75) is 52.6 Å². The Morgan fingerprint density at radius 2 is 2.07 bits per heavy atom. The largest absolute Gasteiger partial charge is 0.462 e. The van der Waals surface area contributed by atoms with Crippen LogP contribution in [0.2, 0.25) is 0 Å². The third-order valence-electron chi connectivity index (χ3n) is 4.40. The molecule has 86 valence electrons. The first-order valence-electron chi connectivity index (χ1n) is 6.35. The maximum Gasteiger partial charge on any atom is 0.309 e. The van der Waals surface area contributed by atoms with E-state index in [9.17, 15) is 4.79 Å². The van der Waals surface area contributed by atoms with Crippen LogP contribution in [0, 0.1) is 23.7 Å². The highest BCUT2D eigenvalue weighted by atomic mass is 16.5. The van der Waals surface area contributed by atoms with Crippen molar-refractivity contribution in [3.05, 3.63) is 0 Å². The fraction of sp³-hybridized carbons (Fsp3) is 0.923. The average Bonchev–Trinajstić information content (AvgIpc) is 2.57. The van der Waals surface area contributed by atoms with Gasteiger partial charge in [-0.1, -0.05) is 27.2 Å². The van der Waals surface area contributed by atoms with E-state index in [2.05, 4.69) is 20.8 Å². The Kier molecular flexibility index (Phi) is 3.03. The van der Waals surface area contributed by atoms with Crippen LogP contribution in [0.3, 0.4) is 0 Å². The second-order valence-corrected chi connectivity index (χ2v) is 5.37. The van der Waals surface area contributed by atoms with E-state index in [0.29, 0.717) is 17.8 Å². The lowest BCUT2D eigenvalue weighted by Gasteiger charge is -2.38. The molecule has 5 atom stereocenters. The van der Waals surface area contributed by atoms with Crippen molar-refractivity contribution in [2.24, 2.45) is 23.7 Å². The quantitative estimate of drug-likeness (QED) is 0.655. The van der Waals surface area contributed by atoms with Gasteiger partial charge in [0, 0.05) is 0 Å².